The molecule has 0 bridgehead atoms. The van der Waals surface area contributed by atoms with Crippen molar-refractivity contribution in [2.24, 2.45) is 5.73 Å². The van der Waals surface area contributed by atoms with Crippen LogP contribution in [0, 0.1) is 0 Å². The molecule has 154 valence electrons. The molecule has 2 N–H and O–H groups in total. The van der Waals surface area contributed by atoms with E-state index in [9.17, 15) is 13.2 Å². The first-order chi connectivity index (χ1) is 13.4. The smallest absolute Gasteiger partial charge is 0.389 e. The number of hydrogen-bond acceptors (Lipinski definition) is 3. The summed E-state index contributed by atoms with van der Waals surface area (Å²) in [4.78, 5) is 0. The van der Waals surface area contributed by atoms with Gasteiger partial charge >= 0.3 is 6.18 Å². The standard InChI is InChI=1S/C22H20F3NO2.ClH/c23-22(24,25)14-13-19(26)16-11-12-20(27-17-7-3-1-4-8-17)21(15-16)28-18-9-5-2-6-10-18;/h1-12,15,19H,13-14,26H2;1H/t19-;/m1./s1. The van der Waals surface area contributed by atoms with Crippen LogP contribution in [0.1, 0.15) is 24.4 Å². The maximum absolute atomic E-state index is 12.5. The fraction of sp³-hybridized carbons (Fsp3) is 0.182. The molecule has 1 atom stereocenters. The van der Waals surface area contributed by atoms with Crippen LogP contribution in [0.4, 0.5) is 13.2 Å². The minimum absolute atomic E-state index is 0. The number of hydrogen-bond donors (Lipinski definition) is 1. The van der Waals surface area contributed by atoms with Gasteiger partial charge in [-0.1, -0.05) is 42.5 Å². The van der Waals surface area contributed by atoms with E-state index in [1.54, 1.807) is 42.5 Å². The summed E-state index contributed by atoms with van der Waals surface area (Å²) in [6, 6.07) is 22.4. The summed E-state index contributed by atoms with van der Waals surface area (Å²) < 4.78 is 49.3. The largest absolute Gasteiger partial charge is 0.453 e. The highest BCUT2D eigenvalue weighted by Crippen LogP contribution is 2.37. The SMILES string of the molecule is Cl.N[C@H](CCC(F)(F)F)c1ccc(Oc2ccccc2)c(Oc2ccccc2)c1. The molecule has 3 aromatic carbocycles. The lowest BCUT2D eigenvalue weighted by Crippen LogP contribution is -2.15. The van der Waals surface area contributed by atoms with Crippen LogP contribution in [0.15, 0.2) is 78.9 Å². The molecule has 0 amide bonds. The Labute approximate surface area is 173 Å². The minimum Gasteiger partial charge on any atom is -0.453 e. The highest BCUT2D eigenvalue weighted by molar-refractivity contribution is 5.85. The third-order valence-corrected chi connectivity index (χ3v) is 4.08. The number of rotatable bonds is 7. The van der Waals surface area contributed by atoms with Crippen LogP contribution in [0.5, 0.6) is 23.0 Å². The first kappa shape index (κ1) is 22.6. The molecule has 0 radical (unpaired) electrons. The summed E-state index contributed by atoms with van der Waals surface area (Å²) in [6.07, 6.45) is -5.38. The van der Waals surface area contributed by atoms with E-state index in [4.69, 9.17) is 15.2 Å². The Hall–Kier alpha value is -2.70. The molecule has 0 heterocycles. The van der Waals surface area contributed by atoms with E-state index in [1.807, 2.05) is 36.4 Å². The molecule has 0 aliphatic rings. The van der Waals surface area contributed by atoms with E-state index in [1.165, 1.54) is 0 Å². The molecule has 7 heteroatoms. The third kappa shape index (κ3) is 7.00. The molecule has 0 spiro atoms. The fourth-order valence-corrected chi connectivity index (χ4v) is 2.64. The summed E-state index contributed by atoms with van der Waals surface area (Å²) in [7, 11) is 0. The average Bonchev–Trinajstić information content (AvgIpc) is 2.68. The van der Waals surface area contributed by atoms with Gasteiger partial charge in [-0.3, -0.25) is 0 Å². The van der Waals surface area contributed by atoms with Crippen molar-refractivity contribution in [2.45, 2.75) is 25.1 Å². The first-order valence-electron chi connectivity index (χ1n) is 8.83. The van der Waals surface area contributed by atoms with Crippen molar-refractivity contribution >= 4 is 12.4 Å². The Morgan fingerprint density at radius 1 is 0.759 bits per heavy atom. The van der Waals surface area contributed by atoms with Crippen molar-refractivity contribution in [3.05, 3.63) is 84.4 Å². The topological polar surface area (TPSA) is 44.5 Å². The molecule has 0 fully saturated rings. The van der Waals surface area contributed by atoms with Gasteiger partial charge in [0.05, 0.1) is 0 Å². The highest BCUT2D eigenvalue weighted by atomic mass is 35.5. The molecule has 3 nitrogen and oxygen atoms in total. The second-order valence-electron chi connectivity index (χ2n) is 6.30. The predicted octanol–water partition coefficient (Wildman–Crippen LogP) is 7.04. The molecule has 0 saturated carbocycles. The molecule has 0 saturated heterocycles. The van der Waals surface area contributed by atoms with E-state index >= 15 is 0 Å². The summed E-state index contributed by atoms with van der Waals surface area (Å²) in [6.45, 7) is 0. The monoisotopic (exact) mass is 423 g/mol. The van der Waals surface area contributed by atoms with E-state index in [0.717, 1.165) is 0 Å². The lowest BCUT2D eigenvalue weighted by Gasteiger charge is -2.17. The summed E-state index contributed by atoms with van der Waals surface area (Å²) in [5.41, 5.74) is 6.52. The maximum atomic E-state index is 12.5. The van der Waals surface area contributed by atoms with Crippen LogP contribution in [-0.2, 0) is 0 Å². The van der Waals surface area contributed by atoms with E-state index in [2.05, 4.69) is 0 Å². The molecular weight excluding hydrogens is 403 g/mol. The fourth-order valence-electron chi connectivity index (χ4n) is 2.64. The van der Waals surface area contributed by atoms with Crippen molar-refractivity contribution in [2.75, 3.05) is 0 Å². The lowest BCUT2D eigenvalue weighted by molar-refractivity contribution is -0.136. The quantitative estimate of drug-likeness (QED) is 0.443. The number of nitrogens with two attached hydrogens (primary N) is 1. The zero-order chi connectivity index (χ0) is 20.0. The van der Waals surface area contributed by atoms with Crippen LogP contribution in [-0.4, -0.2) is 6.18 Å². The van der Waals surface area contributed by atoms with Crippen molar-refractivity contribution in [1.82, 2.24) is 0 Å². The van der Waals surface area contributed by atoms with Gasteiger partial charge in [0, 0.05) is 12.5 Å². The van der Waals surface area contributed by atoms with Crippen LogP contribution in [0.2, 0.25) is 0 Å². The molecule has 3 aromatic rings. The molecular formula is C22H21ClF3NO2. The average molecular weight is 424 g/mol. The summed E-state index contributed by atoms with van der Waals surface area (Å²) in [5, 5.41) is 0. The van der Waals surface area contributed by atoms with E-state index < -0.39 is 18.6 Å². The van der Waals surface area contributed by atoms with Crippen molar-refractivity contribution in [3.63, 3.8) is 0 Å². The maximum Gasteiger partial charge on any atom is 0.389 e. The van der Waals surface area contributed by atoms with Gasteiger partial charge in [-0.25, -0.2) is 0 Å². The molecule has 3 rings (SSSR count). The van der Waals surface area contributed by atoms with Crippen LogP contribution < -0.4 is 15.2 Å². The Morgan fingerprint density at radius 2 is 1.28 bits per heavy atom. The zero-order valence-corrected chi connectivity index (χ0v) is 16.2. The first-order valence-corrected chi connectivity index (χ1v) is 8.83. The summed E-state index contributed by atoms with van der Waals surface area (Å²) in [5.74, 6) is 2.03. The molecule has 0 aliphatic carbocycles. The Bertz CT molecular complexity index is 890. The van der Waals surface area contributed by atoms with Crippen LogP contribution in [0.25, 0.3) is 0 Å². The van der Waals surface area contributed by atoms with Crippen molar-refractivity contribution in [1.29, 1.82) is 0 Å². The van der Waals surface area contributed by atoms with Gasteiger partial charge in [-0.2, -0.15) is 13.2 Å². The van der Waals surface area contributed by atoms with Gasteiger partial charge in [0.1, 0.15) is 11.5 Å². The molecule has 0 aliphatic heterocycles. The molecule has 0 unspecified atom stereocenters. The second kappa shape index (κ2) is 10.2. The number of benzene rings is 3. The van der Waals surface area contributed by atoms with Crippen LogP contribution in [0.3, 0.4) is 0 Å². The lowest BCUT2D eigenvalue weighted by atomic mass is 10.0. The predicted molar refractivity (Wildman–Crippen MR) is 109 cm³/mol. The zero-order valence-electron chi connectivity index (χ0n) is 15.4. The minimum atomic E-state index is -4.24. The number of ether oxygens (including phenoxy) is 2. The number of alkyl halides is 3. The summed E-state index contributed by atoms with van der Waals surface area (Å²) >= 11 is 0. The Kier molecular flexibility index (Phi) is 7.93. The van der Waals surface area contributed by atoms with Crippen molar-refractivity contribution < 1.29 is 22.6 Å². The Balaban J connectivity index is 0.00000300. The highest BCUT2D eigenvalue weighted by Gasteiger charge is 2.28. The van der Waals surface area contributed by atoms with Gasteiger partial charge < -0.3 is 15.2 Å². The van der Waals surface area contributed by atoms with Crippen molar-refractivity contribution in [3.8, 4) is 23.0 Å². The molecule has 0 aromatic heterocycles. The number of halogens is 4. The van der Waals surface area contributed by atoms with E-state index in [-0.39, 0.29) is 18.8 Å². The third-order valence-electron chi connectivity index (χ3n) is 4.08. The van der Waals surface area contributed by atoms with Gasteiger partial charge in [-0.05, 0) is 48.4 Å². The van der Waals surface area contributed by atoms with Gasteiger partial charge in [0.2, 0.25) is 0 Å². The van der Waals surface area contributed by atoms with E-state index in [0.29, 0.717) is 28.6 Å². The van der Waals surface area contributed by atoms with Gasteiger partial charge in [0.15, 0.2) is 11.5 Å². The second-order valence-corrected chi connectivity index (χ2v) is 6.30. The van der Waals surface area contributed by atoms with Gasteiger partial charge in [0.25, 0.3) is 0 Å². The molecule has 29 heavy (non-hydrogen) atoms. The Morgan fingerprint density at radius 3 is 1.79 bits per heavy atom. The van der Waals surface area contributed by atoms with Crippen LogP contribution >= 0.6 is 12.4 Å². The van der Waals surface area contributed by atoms with Gasteiger partial charge in [-0.15, -0.1) is 12.4 Å². The number of para-hydroxylation sites is 2. The normalized spacial score (nSPS) is 12.0.